The number of anilines is 1. The maximum Gasteiger partial charge on any atom is 0.305 e. The summed E-state index contributed by atoms with van der Waals surface area (Å²) in [6.45, 7) is 2.47. The van der Waals surface area contributed by atoms with Gasteiger partial charge in [-0.2, -0.15) is 0 Å². The lowest BCUT2D eigenvalue weighted by atomic mass is 9.68. The predicted molar refractivity (Wildman–Crippen MR) is 172 cm³/mol. The van der Waals surface area contributed by atoms with E-state index in [1.165, 1.54) is 16.2 Å². The molecule has 1 aromatic heterocycles. The number of ether oxygens (including phenoxy) is 1. The zero-order valence-corrected chi connectivity index (χ0v) is 26.9. The van der Waals surface area contributed by atoms with Gasteiger partial charge in [0, 0.05) is 31.1 Å². The molecule has 4 aliphatic rings. The number of aromatic amines is 1. The van der Waals surface area contributed by atoms with E-state index in [-0.39, 0.29) is 57.4 Å². The molecular formula is C33H26BrClN2O4S2. The van der Waals surface area contributed by atoms with Gasteiger partial charge in [0.25, 0.3) is 0 Å². The second kappa shape index (κ2) is 10.4. The van der Waals surface area contributed by atoms with E-state index in [9.17, 15) is 14.4 Å². The standard InChI is InChI=1S/C33H26BrClN2O4S2/c1-15-4-2-3-5-16(15)14-41-23-11-8-18(35)12-20(23)24-25-21-13-22(28(25)42-30-29(24)43-33(40)36-30)27-26(21)31(38)37(32(27)39)19-9-6-17(34)7-10-19/h2-12,21-22,24-28H,13-14H2,1H3,(H,36,40)/t21-,22-,24+,25+,26+,27+,28-/m1/s1. The number of amides is 2. The van der Waals surface area contributed by atoms with E-state index in [1.807, 2.05) is 54.6 Å². The Bertz CT molecular complexity index is 1860. The van der Waals surface area contributed by atoms with Crippen LogP contribution < -0.4 is 14.5 Å². The number of imide groups is 1. The minimum absolute atomic E-state index is 0.00273. The average molecular weight is 694 g/mol. The zero-order valence-electron chi connectivity index (χ0n) is 23.0. The average Bonchev–Trinajstić information content (AvgIpc) is 3.72. The van der Waals surface area contributed by atoms with Crippen molar-refractivity contribution in [1.29, 1.82) is 0 Å². The smallest absolute Gasteiger partial charge is 0.305 e. The molecule has 4 aromatic rings. The molecule has 0 unspecified atom stereocenters. The van der Waals surface area contributed by atoms with E-state index in [0.29, 0.717) is 17.3 Å². The first-order valence-corrected chi connectivity index (χ1v) is 17.2. The molecule has 3 heterocycles. The Hall–Kier alpha value is -2.85. The molecular weight excluding hydrogens is 668 g/mol. The van der Waals surface area contributed by atoms with Crippen molar-refractivity contribution in [1.82, 2.24) is 4.98 Å². The normalized spacial score (nSPS) is 28.6. The third kappa shape index (κ3) is 4.30. The maximum atomic E-state index is 14.0. The van der Waals surface area contributed by atoms with Gasteiger partial charge in [0.1, 0.15) is 12.4 Å². The summed E-state index contributed by atoms with van der Waals surface area (Å²) in [5.74, 6) is -0.305. The molecule has 2 bridgehead atoms. The number of hydrogen-bond acceptors (Lipinski definition) is 6. The van der Waals surface area contributed by atoms with Crippen LogP contribution in [0, 0.1) is 36.5 Å². The molecule has 2 aliphatic carbocycles. The maximum absolute atomic E-state index is 14.0. The van der Waals surface area contributed by atoms with E-state index in [1.54, 1.807) is 11.8 Å². The van der Waals surface area contributed by atoms with E-state index in [2.05, 4.69) is 40.0 Å². The summed E-state index contributed by atoms with van der Waals surface area (Å²) in [6.07, 6.45) is 0.818. The number of thioether (sulfide) groups is 1. The van der Waals surface area contributed by atoms with Crippen LogP contribution in [0.2, 0.25) is 5.02 Å². The predicted octanol–water partition coefficient (Wildman–Crippen LogP) is 7.42. The van der Waals surface area contributed by atoms with Gasteiger partial charge >= 0.3 is 4.87 Å². The Morgan fingerprint density at radius 3 is 2.51 bits per heavy atom. The van der Waals surface area contributed by atoms with Crippen LogP contribution in [0.3, 0.4) is 0 Å². The van der Waals surface area contributed by atoms with E-state index >= 15 is 0 Å². The van der Waals surface area contributed by atoms with Gasteiger partial charge in [-0.15, -0.1) is 11.8 Å². The molecule has 3 fully saturated rings. The van der Waals surface area contributed by atoms with Gasteiger partial charge in [-0.3, -0.25) is 19.3 Å². The number of nitrogens with zero attached hydrogens (tertiary/aromatic N) is 1. The highest BCUT2D eigenvalue weighted by molar-refractivity contribution is 9.10. The second-order valence-corrected chi connectivity index (χ2v) is 15.4. The molecule has 1 saturated heterocycles. The molecule has 0 spiro atoms. The summed E-state index contributed by atoms with van der Waals surface area (Å²) >= 11 is 13.0. The van der Waals surface area contributed by atoms with Gasteiger partial charge in [-0.05, 0) is 84.7 Å². The van der Waals surface area contributed by atoms with Gasteiger partial charge in [-0.1, -0.05) is 63.1 Å². The fourth-order valence-electron chi connectivity index (χ4n) is 8.03. The van der Waals surface area contributed by atoms with Gasteiger partial charge in [-0.25, -0.2) is 0 Å². The van der Waals surface area contributed by atoms with E-state index in [0.717, 1.165) is 43.2 Å². The van der Waals surface area contributed by atoms with Gasteiger partial charge in [0.2, 0.25) is 11.8 Å². The molecule has 218 valence electrons. The van der Waals surface area contributed by atoms with Crippen molar-refractivity contribution in [3.8, 4) is 5.75 Å². The number of thiazole rings is 1. The van der Waals surface area contributed by atoms with Gasteiger partial charge < -0.3 is 9.72 Å². The Balaban J connectivity index is 1.20. The summed E-state index contributed by atoms with van der Waals surface area (Å²) in [5, 5.41) is 1.53. The molecule has 0 radical (unpaired) electrons. The molecule has 8 rings (SSSR count). The van der Waals surface area contributed by atoms with Crippen molar-refractivity contribution in [2.24, 2.45) is 29.6 Å². The lowest BCUT2D eigenvalue weighted by Crippen LogP contribution is -2.42. The Morgan fingerprint density at radius 2 is 1.74 bits per heavy atom. The van der Waals surface area contributed by atoms with Crippen molar-refractivity contribution in [3.63, 3.8) is 0 Å². The minimum atomic E-state index is -0.377. The molecule has 7 atom stereocenters. The number of aryl methyl sites for hydroxylation is 1. The van der Waals surface area contributed by atoms with Crippen molar-refractivity contribution in [2.75, 3.05) is 4.90 Å². The highest BCUT2D eigenvalue weighted by Crippen LogP contribution is 2.69. The number of carbonyl (C=O) groups excluding carboxylic acids is 2. The third-order valence-corrected chi connectivity index (χ3v) is 13.1. The lowest BCUT2D eigenvalue weighted by Gasteiger charge is -2.43. The van der Waals surface area contributed by atoms with Crippen LogP contribution in [-0.4, -0.2) is 22.0 Å². The number of nitrogens with one attached hydrogen (secondary N) is 1. The van der Waals surface area contributed by atoms with Crippen LogP contribution in [0.25, 0.3) is 0 Å². The summed E-state index contributed by atoms with van der Waals surface area (Å²) in [5.41, 5.74) is 3.79. The number of rotatable bonds is 5. The molecule has 10 heteroatoms. The Kier molecular flexibility index (Phi) is 6.67. The lowest BCUT2D eigenvalue weighted by molar-refractivity contribution is -0.123. The number of H-pyrrole nitrogens is 1. The van der Waals surface area contributed by atoms with Crippen LogP contribution in [-0.2, 0) is 16.2 Å². The monoisotopic (exact) mass is 692 g/mol. The van der Waals surface area contributed by atoms with Crippen LogP contribution >= 0.6 is 50.6 Å². The molecule has 43 heavy (non-hydrogen) atoms. The number of carbonyl (C=O) groups is 2. The highest BCUT2D eigenvalue weighted by Gasteiger charge is 2.69. The first-order chi connectivity index (χ1) is 20.8. The fourth-order valence-corrected chi connectivity index (χ4v) is 11.4. The summed E-state index contributed by atoms with van der Waals surface area (Å²) in [7, 11) is 0. The quantitative estimate of drug-likeness (QED) is 0.220. The van der Waals surface area contributed by atoms with Crippen LogP contribution in [0.5, 0.6) is 5.75 Å². The van der Waals surface area contributed by atoms with Crippen molar-refractivity contribution in [2.45, 2.75) is 36.1 Å². The van der Waals surface area contributed by atoms with E-state index in [4.69, 9.17) is 16.3 Å². The Labute approximate surface area is 269 Å². The molecule has 6 nitrogen and oxygen atoms in total. The van der Waals surface area contributed by atoms with Crippen LogP contribution in [0.1, 0.15) is 33.9 Å². The second-order valence-electron chi connectivity index (χ2n) is 11.8. The minimum Gasteiger partial charge on any atom is -0.489 e. The zero-order chi connectivity index (χ0) is 29.6. The molecule has 2 aliphatic heterocycles. The van der Waals surface area contributed by atoms with Crippen molar-refractivity contribution >= 4 is 68.1 Å². The molecule has 3 aromatic carbocycles. The van der Waals surface area contributed by atoms with Crippen molar-refractivity contribution < 1.29 is 14.3 Å². The van der Waals surface area contributed by atoms with E-state index < -0.39 is 0 Å². The molecule has 1 N–H and O–H groups in total. The molecule has 2 amide bonds. The topological polar surface area (TPSA) is 79.5 Å². The molecule has 2 saturated carbocycles. The highest BCUT2D eigenvalue weighted by atomic mass is 79.9. The van der Waals surface area contributed by atoms with Crippen LogP contribution in [0.15, 0.2) is 81.0 Å². The number of fused-ring (bicyclic) bond motifs is 9. The van der Waals surface area contributed by atoms with Crippen molar-refractivity contribution in [3.05, 3.63) is 107 Å². The summed E-state index contributed by atoms with van der Waals surface area (Å²) in [6, 6.07) is 21.2. The SMILES string of the molecule is Cc1ccccc1COc1ccc(Cl)cc1[C@@H]1c2sc(=O)[nH]c2S[C@@H]2[C@@H]3C[C@@H]([C@@H]4C(=O)N(c5ccc(Br)cc5)C(=O)[C@@H]34)[C@@H]12. The summed E-state index contributed by atoms with van der Waals surface area (Å²) in [4.78, 5) is 46.0. The first-order valence-electron chi connectivity index (χ1n) is 14.3. The first kappa shape index (κ1) is 27.7. The Morgan fingerprint density at radius 1 is 1.00 bits per heavy atom. The van der Waals surface area contributed by atoms with Gasteiger partial charge in [0.05, 0.1) is 22.5 Å². The number of halogens is 2. The largest absolute Gasteiger partial charge is 0.489 e. The number of hydrogen-bond donors (Lipinski definition) is 1. The summed E-state index contributed by atoms with van der Waals surface area (Å²) < 4.78 is 7.38. The fraction of sp³-hybridized carbons (Fsp3) is 0.303. The van der Waals surface area contributed by atoms with Gasteiger partial charge in [0.15, 0.2) is 0 Å². The number of aromatic nitrogens is 1. The van der Waals surface area contributed by atoms with Crippen LogP contribution in [0.4, 0.5) is 5.69 Å². The third-order valence-electron chi connectivity index (χ3n) is 9.76. The number of benzene rings is 3.